The van der Waals surface area contributed by atoms with Gasteiger partial charge in [-0.25, -0.2) is 5.43 Å². The summed E-state index contributed by atoms with van der Waals surface area (Å²) >= 11 is 6.16. The van der Waals surface area contributed by atoms with Crippen molar-refractivity contribution in [1.29, 1.82) is 0 Å². The number of hydrazone groups is 1. The molecule has 208 valence electrons. The van der Waals surface area contributed by atoms with Gasteiger partial charge >= 0.3 is 18.0 Å². The average Bonchev–Trinajstić information content (AvgIpc) is 3.39. The Bertz CT molecular complexity index is 1460. The molecule has 14 heteroatoms. The molecule has 4 rings (SSSR count). The maximum absolute atomic E-state index is 12.8. The molecule has 10 nitrogen and oxygen atoms in total. The number of halogens is 4. The highest BCUT2D eigenvalue weighted by atomic mass is 35.5. The van der Waals surface area contributed by atoms with Crippen molar-refractivity contribution in [3.63, 3.8) is 0 Å². The first-order chi connectivity index (χ1) is 19.1. The third kappa shape index (κ3) is 7.63. The second-order valence-electron chi connectivity index (χ2n) is 8.17. The first kappa shape index (κ1) is 28.2. The highest BCUT2D eigenvalue weighted by Gasteiger charge is 2.30. The van der Waals surface area contributed by atoms with Crippen LogP contribution in [-0.4, -0.2) is 37.3 Å². The molecule has 0 saturated heterocycles. The lowest BCUT2D eigenvalue weighted by atomic mass is 10.2. The number of anilines is 1. The predicted octanol–water partition coefficient (Wildman–Crippen LogP) is 3.87. The van der Waals surface area contributed by atoms with Crippen LogP contribution in [0.1, 0.15) is 16.7 Å². The molecular weight excluding hydrogens is 557 g/mol. The van der Waals surface area contributed by atoms with Crippen LogP contribution in [0.4, 0.5) is 18.9 Å². The molecule has 0 spiro atoms. The van der Waals surface area contributed by atoms with Gasteiger partial charge in [0, 0.05) is 12.2 Å². The zero-order chi connectivity index (χ0) is 28.7. The highest BCUT2D eigenvalue weighted by molar-refractivity contribution is 6.35. The quantitative estimate of drug-likeness (QED) is 0.212. The van der Waals surface area contributed by atoms with Crippen LogP contribution in [-0.2, 0) is 27.1 Å². The summed E-state index contributed by atoms with van der Waals surface area (Å²) in [5.74, 6) is -1.31. The molecule has 40 heavy (non-hydrogen) atoms. The molecule has 3 N–H and O–H groups in total. The van der Waals surface area contributed by atoms with Crippen LogP contribution in [0.5, 0.6) is 17.2 Å². The van der Waals surface area contributed by atoms with Crippen molar-refractivity contribution in [2.24, 2.45) is 5.10 Å². The topological polar surface area (TPSA) is 127 Å². The van der Waals surface area contributed by atoms with E-state index in [9.17, 15) is 27.6 Å². The van der Waals surface area contributed by atoms with Gasteiger partial charge in [0.05, 0.1) is 16.8 Å². The standard InChI is InChI=1S/C26H20ClF3N4O6/c27-19-8-15(4-6-20(19)38-13-23(35)33-18-3-1-2-17(10-18)26(28,29)30)12-32-34-25(37)24(36)31-11-16-5-7-21-22(9-16)40-14-39-21/h1-10,12H,11,13-14H2,(H,31,36)(H,33,35)(H,34,37)/b32-12-. The number of rotatable bonds is 8. The van der Waals surface area contributed by atoms with E-state index in [0.29, 0.717) is 22.6 Å². The van der Waals surface area contributed by atoms with Gasteiger partial charge in [0.2, 0.25) is 6.79 Å². The molecule has 0 unspecified atom stereocenters. The summed E-state index contributed by atoms with van der Waals surface area (Å²) < 4.78 is 54.3. The molecule has 0 saturated carbocycles. The fourth-order valence-electron chi connectivity index (χ4n) is 3.36. The lowest BCUT2D eigenvalue weighted by Crippen LogP contribution is -2.37. The van der Waals surface area contributed by atoms with Gasteiger partial charge in [0.15, 0.2) is 18.1 Å². The van der Waals surface area contributed by atoms with Crippen LogP contribution in [0.2, 0.25) is 5.02 Å². The van der Waals surface area contributed by atoms with Gasteiger partial charge in [-0.2, -0.15) is 18.3 Å². The van der Waals surface area contributed by atoms with Crippen LogP contribution in [0.15, 0.2) is 65.8 Å². The van der Waals surface area contributed by atoms with Crippen molar-refractivity contribution in [1.82, 2.24) is 10.7 Å². The summed E-state index contributed by atoms with van der Waals surface area (Å²) in [7, 11) is 0. The molecule has 0 atom stereocenters. The number of carbonyl (C=O) groups is 3. The Balaban J connectivity index is 1.22. The van der Waals surface area contributed by atoms with Crippen molar-refractivity contribution >= 4 is 41.2 Å². The van der Waals surface area contributed by atoms with E-state index in [1.54, 1.807) is 18.2 Å². The van der Waals surface area contributed by atoms with Crippen molar-refractivity contribution in [3.05, 3.63) is 82.4 Å². The average molecular weight is 577 g/mol. The molecule has 0 fully saturated rings. The van der Waals surface area contributed by atoms with E-state index in [1.165, 1.54) is 36.5 Å². The van der Waals surface area contributed by atoms with Gasteiger partial charge in [0.1, 0.15) is 5.75 Å². The Morgan fingerprint density at radius 1 is 1.00 bits per heavy atom. The number of carbonyl (C=O) groups excluding carboxylic acids is 3. The van der Waals surface area contributed by atoms with Gasteiger partial charge in [-0.3, -0.25) is 14.4 Å². The number of fused-ring (bicyclic) bond motifs is 1. The number of hydrogen-bond donors (Lipinski definition) is 3. The van der Waals surface area contributed by atoms with E-state index >= 15 is 0 Å². The molecule has 1 heterocycles. The number of alkyl halides is 3. The molecule has 0 aliphatic carbocycles. The van der Waals surface area contributed by atoms with Crippen LogP contribution >= 0.6 is 11.6 Å². The molecule has 1 aliphatic heterocycles. The van der Waals surface area contributed by atoms with Crippen molar-refractivity contribution in [2.75, 3.05) is 18.7 Å². The second kappa shape index (κ2) is 12.4. The third-order valence-electron chi connectivity index (χ3n) is 5.26. The Kier molecular flexibility index (Phi) is 8.74. The lowest BCUT2D eigenvalue weighted by Gasteiger charge is -2.11. The smallest absolute Gasteiger partial charge is 0.416 e. The number of nitrogens with zero attached hydrogens (tertiary/aromatic N) is 1. The van der Waals surface area contributed by atoms with Gasteiger partial charge < -0.3 is 24.8 Å². The minimum atomic E-state index is -4.54. The second-order valence-corrected chi connectivity index (χ2v) is 8.58. The number of benzene rings is 3. The van der Waals surface area contributed by atoms with E-state index in [0.717, 1.165) is 12.1 Å². The van der Waals surface area contributed by atoms with E-state index in [2.05, 4.69) is 21.2 Å². The Labute approximate surface area is 230 Å². The number of hydrogen-bond acceptors (Lipinski definition) is 7. The summed E-state index contributed by atoms with van der Waals surface area (Å²) in [6, 6.07) is 13.7. The SMILES string of the molecule is O=C(COc1ccc(/C=N\NC(=O)C(=O)NCc2ccc3c(c2)OCO3)cc1Cl)Nc1cccc(C(F)(F)F)c1. The first-order valence-corrected chi connectivity index (χ1v) is 11.9. The lowest BCUT2D eigenvalue weighted by molar-refractivity contribution is -0.139. The fraction of sp³-hybridized carbons (Fsp3) is 0.154. The normalized spacial score (nSPS) is 12.2. The van der Waals surface area contributed by atoms with Gasteiger partial charge in [-0.05, 0) is 59.7 Å². The van der Waals surface area contributed by atoms with E-state index in [4.69, 9.17) is 25.8 Å². The molecule has 0 bridgehead atoms. The zero-order valence-electron chi connectivity index (χ0n) is 20.4. The molecule has 0 radical (unpaired) electrons. The van der Waals surface area contributed by atoms with E-state index < -0.39 is 36.1 Å². The van der Waals surface area contributed by atoms with Crippen molar-refractivity contribution in [2.45, 2.75) is 12.7 Å². The van der Waals surface area contributed by atoms with E-state index in [-0.39, 0.29) is 29.8 Å². The highest BCUT2D eigenvalue weighted by Crippen LogP contribution is 2.32. The zero-order valence-corrected chi connectivity index (χ0v) is 21.1. The largest absolute Gasteiger partial charge is 0.482 e. The van der Waals surface area contributed by atoms with Crippen LogP contribution in [0, 0.1) is 0 Å². The van der Waals surface area contributed by atoms with Crippen molar-refractivity contribution < 1.29 is 41.8 Å². The Hall–Kier alpha value is -4.78. The van der Waals surface area contributed by atoms with Crippen molar-refractivity contribution in [3.8, 4) is 17.2 Å². The summed E-state index contributed by atoms with van der Waals surface area (Å²) in [6.45, 7) is -0.307. The minimum absolute atomic E-state index is 0.0373. The summed E-state index contributed by atoms with van der Waals surface area (Å²) in [5.41, 5.74) is 2.30. The fourth-order valence-corrected chi connectivity index (χ4v) is 3.60. The maximum Gasteiger partial charge on any atom is 0.416 e. The number of amides is 3. The summed E-state index contributed by atoms with van der Waals surface area (Å²) in [4.78, 5) is 36.1. The van der Waals surface area contributed by atoms with E-state index in [1.807, 2.05) is 0 Å². The monoisotopic (exact) mass is 576 g/mol. The molecule has 3 amide bonds. The Morgan fingerprint density at radius 3 is 2.58 bits per heavy atom. The molecule has 1 aliphatic rings. The minimum Gasteiger partial charge on any atom is -0.482 e. The molecule has 3 aromatic rings. The predicted molar refractivity (Wildman–Crippen MR) is 137 cm³/mol. The molecule has 3 aromatic carbocycles. The summed E-state index contributed by atoms with van der Waals surface area (Å²) in [5, 5.41) is 8.60. The van der Waals surface area contributed by atoms with Gasteiger partial charge in [-0.15, -0.1) is 0 Å². The van der Waals surface area contributed by atoms with Crippen LogP contribution < -0.4 is 30.3 Å². The number of nitrogens with one attached hydrogen (secondary N) is 3. The molecular formula is C26H20ClF3N4O6. The van der Waals surface area contributed by atoms with Gasteiger partial charge in [-0.1, -0.05) is 23.7 Å². The number of ether oxygens (including phenoxy) is 3. The van der Waals surface area contributed by atoms with Crippen LogP contribution in [0.25, 0.3) is 0 Å². The maximum atomic E-state index is 12.8. The first-order valence-electron chi connectivity index (χ1n) is 11.5. The molecule has 0 aromatic heterocycles. The van der Waals surface area contributed by atoms with Crippen LogP contribution in [0.3, 0.4) is 0 Å². The van der Waals surface area contributed by atoms with Gasteiger partial charge in [0.25, 0.3) is 5.91 Å². The third-order valence-corrected chi connectivity index (χ3v) is 5.56. The summed E-state index contributed by atoms with van der Waals surface area (Å²) in [6.07, 6.45) is -3.31. The Morgan fingerprint density at radius 2 is 1.80 bits per heavy atom.